The van der Waals surface area contributed by atoms with Crippen LogP contribution in [0.1, 0.15) is 31.0 Å². The highest BCUT2D eigenvalue weighted by Gasteiger charge is 2.29. The number of hydrogen-bond acceptors (Lipinski definition) is 7. The molecule has 0 unspecified atom stereocenters. The molecule has 5 rings (SSSR count). The van der Waals surface area contributed by atoms with Crippen molar-refractivity contribution in [2.24, 2.45) is 0 Å². The van der Waals surface area contributed by atoms with Gasteiger partial charge in [-0.2, -0.15) is 9.61 Å². The summed E-state index contributed by atoms with van der Waals surface area (Å²) in [6.45, 7) is 3.79. The molecule has 0 atom stereocenters. The van der Waals surface area contributed by atoms with Crippen molar-refractivity contribution in [1.29, 1.82) is 0 Å². The average Bonchev–Trinajstić information content (AvgIpc) is 3.46. The van der Waals surface area contributed by atoms with Gasteiger partial charge in [0.05, 0.1) is 0 Å². The maximum absolute atomic E-state index is 4.83. The van der Waals surface area contributed by atoms with Gasteiger partial charge in [0.15, 0.2) is 17.3 Å². The molecule has 128 valence electrons. The topological polar surface area (TPSA) is 75.3 Å². The highest BCUT2D eigenvalue weighted by Crippen LogP contribution is 2.38. The van der Waals surface area contributed by atoms with Crippen LogP contribution in [0.25, 0.3) is 5.65 Å². The van der Waals surface area contributed by atoms with E-state index in [1.165, 1.54) is 12.8 Å². The Balaban J connectivity index is 1.38. The largest absolute Gasteiger partial charge is 0.353 e. The van der Waals surface area contributed by atoms with Crippen LogP contribution in [-0.2, 0) is 0 Å². The molecule has 1 saturated heterocycles. The molecule has 1 saturated carbocycles. The lowest BCUT2D eigenvalue weighted by molar-refractivity contribution is 0.756. The number of anilines is 2. The maximum atomic E-state index is 4.83. The zero-order chi connectivity index (χ0) is 16.6. The van der Waals surface area contributed by atoms with Crippen LogP contribution < -0.4 is 9.80 Å². The number of hydrogen-bond donors (Lipinski definition) is 0. The third-order valence-electron chi connectivity index (χ3n) is 4.92. The van der Waals surface area contributed by atoms with Crippen molar-refractivity contribution in [1.82, 2.24) is 30.0 Å². The van der Waals surface area contributed by atoms with Gasteiger partial charge in [-0.15, -0.1) is 20.4 Å². The molecule has 3 aromatic rings. The summed E-state index contributed by atoms with van der Waals surface area (Å²) in [5.74, 6) is 3.49. The summed E-state index contributed by atoms with van der Waals surface area (Å²) in [5.41, 5.74) is 0.835. The first-order valence-electron chi connectivity index (χ1n) is 8.88. The minimum Gasteiger partial charge on any atom is -0.353 e. The molecule has 0 aromatic carbocycles. The van der Waals surface area contributed by atoms with Crippen molar-refractivity contribution >= 4 is 17.3 Å². The monoisotopic (exact) mass is 336 g/mol. The first kappa shape index (κ1) is 14.6. The summed E-state index contributed by atoms with van der Waals surface area (Å²) < 4.78 is 1.93. The molecular formula is C17H20N8. The van der Waals surface area contributed by atoms with E-state index in [4.69, 9.17) is 5.10 Å². The third kappa shape index (κ3) is 2.77. The fraction of sp³-hybridized carbons (Fsp3) is 0.471. The van der Waals surface area contributed by atoms with Gasteiger partial charge in [-0.05, 0) is 43.5 Å². The van der Waals surface area contributed by atoms with Crippen LogP contribution in [0.15, 0.2) is 30.5 Å². The molecule has 1 aliphatic carbocycles. The molecule has 0 N–H and O–H groups in total. The average molecular weight is 336 g/mol. The van der Waals surface area contributed by atoms with E-state index in [0.29, 0.717) is 5.92 Å². The fourth-order valence-corrected chi connectivity index (χ4v) is 3.40. The Morgan fingerprint density at radius 1 is 0.840 bits per heavy atom. The highest BCUT2D eigenvalue weighted by molar-refractivity contribution is 5.47. The molecular weight excluding hydrogens is 316 g/mol. The Kier molecular flexibility index (Phi) is 3.46. The van der Waals surface area contributed by atoms with E-state index in [0.717, 1.165) is 55.7 Å². The van der Waals surface area contributed by atoms with E-state index in [1.54, 1.807) is 6.20 Å². The molecule has 4 heterocycles. The normalized spacial score (nSPS) is 18.6. The molecule has 25 heavy (non-hydrogen) atoms. The van der Waals surface area contributed by atoms with Gasteiger partial charge < -0.3 is 9.80 Å². The van der Waals surface area contributed by atoms with Crippen molar-refractivity contribution in [3.63, 3.8) is 0 Å². The van der Waals surface area contributed by atoms with E-state index in [2.05, 4.69) is 36.3 Å². The first-order valence-corrected chi connectivity index (χ1v) is 8.88. The number of rotatable bonds is 3. The first-order chi connectivity index (χ1) is 12.4. The standard InChI is InChI=1S/C17H20N8/c1-3-14(19-18-8-1)23-9-2-10-24(12-11-23)16-7-6-15-20-21-17(13-4-5-13)25(15)22-16/h1,3,6-8,13H,2,4-5,9-12H2. The van der Waals surface area contributed by atoms with Crippen LogP contribution in [0.3, 0.4) is 0 Å². The molecule has 0 radical (unpaired) electrons. The van der Waals surface area contributed by atoms with Crippen LogP contribution in [0.4, 0.5) is 11.6 Å². The Hall–Kier alpha value is -2.77. The molecule has 1 aliphatic heterocycles. The van der Waals surface area contributed by atoms with Crippen molar-refractivity contribution < 1.29 is 0 Å². The second-order valence-electron chi connectivity index (χ2n) is 6.70. The summed E-state index contributed by atoms with van der Waals surface area (Å²) in [5, 5.41) is 21.6. The molecule has 3 aromatic heterocycles. The zero-order valence-corrected chi connectivity index (χ0v) is 14.0. The van der Waals surface area contributed by atoms with Gasteiger partial charge >= 0.3 is 0 Å². The lowest BCUT2D eigenvalue weighted by Crippen LogP contribution is -2.31. The van der Waals surface area contributed by atoms with Crippen molar-refractivity contribution in [3.05, 3.63) is 36.3 Å². The molecule has 8 nitrogen and oxygen atoms in total. The molecule has 0 bridgehead atoms. The quantitative estimate of drug-likeness (QED) is 0.717. The van der Waals surface area contributed by atoms with Crippen LogP contribution in [0.5, 0.6) is 0 Å². The minimum absolute atomic E-state index is 0.536. The van der Waals surface area contributed by atoms with Gasteiger partial charge in [0, 0.05) is 38.3 Å². The van der Waals surface area contributed by atoms with E-state index in [1.807, 2.05) is 22.7 Å². The van der Waals surface area contributed by atoms with Gasteiger partial charge in [0.2, 0.25) is 0 Å². The minimum atomic E-state index is 0.536. The summed E-state index contributed by atoms with van der Waals surface area (Å²) in [6, 6.07) is 8.03. The SMILES string of the molecule is c1cnnc(N2CCCN(c3ccc4nnc(C5CC5)n4n3)CC2)c1. The lowest BCUT2D eigenvalue weighted by Gasteiger charge is -2.23. The number of aromatic nitrogens is 6. The third-order valence-corrected chi connectivity index (χ3v) is 4.92. The molecule has 2 aliphatic rings. The van der Waals surface area contributed by atoms with E-state index >= 15 is 0 Å². The number of nitrogens with zero attached hydrogens (tertiary/aromatic N) is 8. The van der Waals surface area contributed by atoms with Crippen LogP contribution in [0.2, 0.25) is 0 Å². The van der Waals surface area contributed by atoms with Crippen LogP contribution in [0, 0.1) is 0 Å². The van der Waals surface area contributed by atoms with Gasteiger partial charge in [-0.1, -0.05) is 0 Å². The summed E-state index contributed by atoms with van der Waals surface area (Å²) >= 11 is 0. The summed E-state index contributed by atoms with van der Waals surface area (Å²) in [4.78, 5) is 4.63. The fourth-order valence-electron chi connectivity index (χ4n) is 3.40. The predicted octanol–water partition coefficient (Wildman–Crippen LogP) is 1.51. The Morgan fingerprint density at radius 2 is 1.68 bits per heavy atom. The summed E-state index contributed by atoms with van der Waals surface area (Å²) in [6.07, 6.45) is 5.17. The van der Waals surface area contributed by atoms with Crippen molar-refractivity contribution in [3.8, 4) is 0 Å². The highest BCUT2D eigenvalue weighted by atomic mass is 15.4. The van der Waals surface area contributed by atoms with Gasteiger partial charge in [0.1, 0.15) is 5.82 Å². The second kappa shape index (κ2) is 5.94. The molecule has 0 spiro atoms. The number of fused-ring (bicyclic) bond motifs is 1. The Labute approximate surface area is 145 Å². The predicted molar refractivity (Wildman–Crippen MR) is 93.8 cm³/mol. The van der Waals surface area contributed by atoms with E-state index in [-0.39, 0.29) is 0 Å². The second-order valence-corrected chi connectivity index (χ2v) is 6.70. The van der Waals surface area contributed by atoms with Crippen molar-refractivity contribution in [2.45, 2.75) is 25.2 Å². The summed E-state index contributed by atoms with van der Waals surface area (Å²) in [7, 11) is 0. The van der Waals surface area contributed by atoms with Crippen LogP contribution >= 0.6 is 0 Å². The van der Waals surface area contributed by atoms with Gasteiger partial charge in [-0.25, -0.2) is 0 Å². The maximum Gasteiger partial charge on any atom is 0.178 e. The smallest absolute Gasteiger partial charge is 0.178 e. The van der Waals surface area contributed by atoms with Gasteiger partial charge in [0.25, 0.3) is 0 Å². The van der Waals surface area contributed by atoms with E-state index in [9.17, 15) is 0 Å². The Morgan fingerprint density at radius 3 is 2.44 bits per heavy atom. The lowest BCUT2D eigenvalue weighted by atomic mass is 10.3. The molecule has 2 fully saturated rings. The van der Waals surface area contributed by atoms with E-state index < -0.39 is 0 Å². The van der Waals surface area contributed by atoms with Crippen molar-refractivity contribution in [2.75, 3.05) is 36.0 Å². The molecule has 8 heteroatoms. The van der Waals surface area contributed by atoms with Gasteiger partial charge in [-0.3, -0.25) is 0 Å². The zero-order valence-electron chi connectivity index (χ0n) is 14.0. The molecule has 0 amide bonds. The Bertz CT molecular complexity index is 873. The van der Waals surface area contributed by atoms with Crippen LogP contribution in [-0.4, -0.2) is 56.2 Å².